The van der Waals surface area contributed by atoms with E-state index in [1.54, 1.807) is 25.1 Å². The summed E-state index contributed by atoms with van der Waals surface area (Å²) in [6, 6.07) is 7.47. The summed E-state index contributed by atoms with van der Waals surface area (Å²) in [5.74, 6) is -0.271. The molecule has 2 N–H and O–H groups in total. The Bertz CT molecular complexity index is 961. The largest absolute Gasteiger partial charge is 0.394 e. The van der Waals surface area contributed by atoms with Crippen LogP contribution >= 0.6 is 0 Å². The van der Waals surface area contributed by atoms with E-state index in [4.69, 9.17) is 19.4 Å². The van der Waals surface area contributed by atoms with Crippen LogP contribution in [-0.4, -0.2) is 64.8 Å². The lowest BCUT2D eigenvalue weighted by Crippen LogP contribution is -2.43. The Hall–Kier alpha value is -2.95. The number of nitrogens with one attached hydrogen (secondary N) is 1. The number of oxime groups is 1. The molecular formula is C21H23FN4O5. The minimum absolute atomic E-state index is 0.0911. The van der Waals surface area contributed by atoms with Crippen molar-refractivity contribution in [1.82, 2.24) is 15.3 Å². The summed E-state index contributed by atoms with van der Waals surface area (Å²) in [6.07, 6.45) is -0.505. The number of carbonyl (C=O) groups is 1. The molecule has 10 heteroatoms. The highest BCUT2D eigenvalue weighted by Crippen LogP contribution is 2.23. The van der Waals surface area contributed by atoms with Crippen molar-refractivity contribution in [2.75, 3.05) is 19.8 Å². The third kappa shape index (κ3) is 5.22. The second-order valence-corrected chi connectivity index (χ2v) is 7.39. The van der Waals surface area contributed by atoms with Crippen LogP contribution in [0.1, 0.15) is 34.0 Å². The number of benzene rings is 1. The maximum Gasteiger partial charge on any atom is 0.270 e. The summed E-state index contributed by atoms with van der Waals surface area (Å²) in [7, 11) is 0. The van der Waals surface area contributed by atoms with Crippen molar-refractivity contribution < 1.29 is 28.6 Å². The van der Waals surface area contributed by atoms with Crippen LogP contribution in [0.5, 0.6) is 0 Å². The fraction of sp³-hybridized carbons (Fsp3) is 0.429. The molecule has 1 aromatic carbocycles. The Morgan fingerprint density at radius 3 is 2.71 bits per heavy atom. The molecule has 1 amide bonds. The SMILES string of the molecule is Cc1nc(C(=O)NCc2ccc(F)cc2)cc(C2=NO[C@@H]([C@H]3CO[C@H](CO)CO3)C2)n1. The summed E-state index contributed by atoms with van der Waals surface area (Å²) in [4.78, 5) is 26.7. The minimum Gasteiger partial charge on any atom is -0.394 e. The van der Waals surface area contributed by atoms with E-state index in [0.717, 1.165) is 5.56 Å². The number of carbonyl (C=O) groups excluding carboxylic acids is 1. The van der Waals surface area contributed by atoms with Gasteiger partial charge >= 0.3 is 0 Å². The molecule has 1 aromatic heterocycles. The Labute approximate surface area is 178 Å². The van der Waals surface area contributed by atoms with Crippen LogP contribution in [0.25, 0.3) is 0 Å². The number of hydrogen-bond donors (Lipinski definition) is 2. The molecule has 164 valence electrons. The first-order valence-electron chi connectivity index (χ1n) is 9.97. The number of hydrogen-bond acceptors (Lipinski definition) is 8. The second kappa shape index (κ2) is 9.46. The molecule has 3 atom stereocenters. The van der Waals surface area contributed by atoms with Gasteiger partial charge in [-0.25, -0.2) is 14.4 Å². The van der Waals surface area contributed by atoms with Crippen LogP contribution in [0.15, 0.2) is 35.5 Å². The molecule has 3 heterocycles. The van der Waals surface area contributed by atoms with E-state index < -0.39 is 0 Å². The zero-order valence-corrected chi connectivity index (χ0v) is 17.0. The third-order valence-corrected chi connectivity index (χ3v) is 5.04. The van der Waals surface area contributed by atoms with Gasteiger partial charge in [0, 0.05) is 13.0 Å². The van der Waals surface area contributed by atoms with Gasteiger partial charge < -0.3 is 24.7 Å². The molecule has 2 aliphatic rings. The minimum atomic E-state index is -0.369. The summed E-state index contributed by atoms with van der Waals surface area (Å²) in [6.45, 7) is 2.45. The van der Waals surface area contributed by atoms with Crippen molar-refractivity contribution in [3.63, 3.8) is 0 Å². The van der Waals surface area contributed by atoms with E-state index in [1.807, 2.05) is 0 Å². The maximum absolute atomic E-state index is 13.0. The summed E-state index contributed by atoms with van der Waals surface area (Å²) >= 11 is 0. The average molecular weight is 430 g/mol. The lowest BCUT2D eigenvalue weighted by atomic mass is 10.0. The van der Waals surface area contributed by atoms with E-state index in [1.165, 1.54) is 12.1 Å². The van der Waals surface area contributed by atoms with Gasteiger partial charge in [-0.3, -0.25) is 4.79 Å². The number of aliphatic hydroxyl groups excluding tert-OH is 1. The highest BCUT2D eigenvalue weighted by Gasteiger charge is 2.35. The number of aromatic nitrogens is 2. The van der Waals surface area contributed by atoms with Gasteiger partial charge in [0.25, 0.3) is 5.91 Å². The van der Waals surface area contributed by atoms with Crippen LogP contribution in [0.2, 0.25) is 0 Å². The molecule has 0 spiro atoms. The topological polar surface area (TPSA) is 115 Å². The maximum atomic E-state index is 13.0. The molecule has 1 fully saturated rings. The second-order valence-electron chi connectivity index (χ2n) is 7.39. The van der Waals surface area contributed by atoms with Crippen LogP contribution in [-0.2, 0) is 20.9 Å². The lowest BCUT2D eigenvalue weighted by molar-refractivity contribution is -0.178. The summed E-state index contributed by atoms with van der Waals surface area (Å²) in [5, 5.41) is 16.0. The van der Waals surface area contributed by atoms with Gasteiger partial charge in [-0.15, -0.1) is 0 Å². The quantitative estimate of drug-likeness (QED) is 0.706. The van der Waals surface area contributed by atoms with E-state index in [-0.39, 0.29) is 48.9 Å². The molecule has 0 unspecified atom stereocenters. The standard InChI is InChI=1S/C21H23FN4O5/c1-12-24-16(17-7-19(31-26-17)20-11-29-15(9-27)10-30-20)6-18(25-12)21(28)23-8-13-2-4-14(22)5-3-13/h2-6,15,19-20,27H,7-11H2,1H3,(H,23,28)/t15-,19-,20-/m1/s1. The molecule has 1 saturated heterocycles. The van der Waals surface area contributed by atoms with Gasteiger partial charge in [-0.05, 0) is 30.7 Å². The summed E-state index contributed by atoms with van der Waals surface area (Å²) in [5.41, 5.74) is 2.08. The molecule has 0 radical (unpaired) electrons. The normalized spacial score (nSPS) is 23.2. The van der Waals surface area contributed by atoms with Crippen molar-refractivity contribution in [2.45, 2.75) is 38.2 Å². The van der Waals surface area contributed by atoms with Gasteiger partial charge in [0.1, 0.15) is 35.3 Å². The Morgan fingerprint density at radius 1 is 1.19 bits per heavy atom. The van der Waals surface area contributed by atoms with E-state index >= 15 is 0 Å². The highest BCUT2D eigenvalue weighted by molar-refractivity contribution is 6.02. The third-order valence-electron chi connectivity index (χ3n) is 5.04. The Morgan fingerprint density at radius 2 is 2.00 bits per heavy atom. The monoisotopic (exact) mass is 430 g/mol. The molecule has 0 saturated carbocycles. The number of amides is 1. The molecule has 0 aliphatic carbocycles. The van der Waals surface area contributed by atoms with Crippen LogP contribution in [0, 0.1) is 12.7 Å². The average Bonchev–Trinajstić information content (AvgIpc) is 3.28. The van der Waals surface area contributed by atoms with Gasteiger partial charge in [-0.2, -0.15) is 0 Å². The first-order valence-corrected chi connectivity index (χ1v) is 9.97. The molecule has 2 aliphatic heterocycles. The Balaban J connectivity index is 1.38. The van der Waals surface area contributed by atoms with Crippen LogP contribution < -0.4 is 5.32 Å². The fourth-order valence-corrected chi connectivity index (χ4v) is 3.33. The van der Waals surface area contributed by atoms with Crippen molar-refractivity contribution in [1.29, 1.82) is 0 Å². The van der Waals surface area contributed by atoms with Crippen molar-refractivity contribution in [2.24, 2.45) is 5.16 Å². The number of aliphatic hydroxyl groups is 1. The number of ether oxygens (including phenoxy) is 2. The first-order chi connectivity index (χ1) is 15.0. The predicted molar refractivity (Wildman–Crippen MR) is 107 cm³/mol. The molecule has 4 rings (SSSR count). The van der Waals surface area contributed by atoms with Crippen LogP contribution in [0.4, 0.5) is 4.39 Å². The first kappa shape index (κ1) is 21.3. The van der Waals surface area contributed by atoms with E-state index in [9.17, 15) is 9.18 Å². The molecule has 31 heavy (non-hydrogen) atoms. The molecule has 2 aromatic rings. The fourth-order valence-electron chi connectivity index (χ4n) is 3.33. The summed E-state index contributed by atoms with van der Waals surface area (Å²) < 4.78 is 24.3. The zero-order chi connectivity index (χ0) is 21.8. The number of nitrogens with zero attached hydrogens (tertiary/aromatic N) is 3. The van der Waals surface area contributed by atoms with Gasteiger partial charge in [0.15, 0.2) is 6.10 Å². The zero-order valence-electron chi connectivity index (χ0n) is 17.0. The van der Waals surface area contributed by atoms with Crippen molar-refractivity contribution >= 4 is 11.6 Å². The number of aryl methyl sites for hydroxylation is 1. The number of rotatable bonds is 6. The highest BCUT2D eigenvalue weighted by atomic mass is 19.1. The van der Waals surface area contributed by atoms with Gasteiger partial charge in [0.05, 0.1) is 25.5 Å². The molecule has 0 bridgehead atoms. The van der Waals surface area contributed by atoms with Gasteiger partial charge in [-0.1, -0.05) is 17.3 Å². The van der Waals surface area contributed by atoms with Crippen molar-refractivity contribution in [3.05, 3.63) is 58.9 Å². The van der Waals surface area contributed by atoms with Crippen LogP contribution in [0.3, 0.4) is 0 Å². The van der Waals surface area contributed by atoms with Crippen molar-refractivity contribution in [3.8, 4) is 0 Å². The lowest BCUT2D eigenvalue weighted by Gasteiger charge is -2.30. The predicted octanol–water partition coefficient (Wildman–Crippen LogP) is 1.12. The molecule has 9 nitrogen and oxygen atoms in total. The molecular weight excluding hydrogens is 407 g/mol. The Kier molecular flexibility index (Phi) is 6.50. The van der Waals surface area contributed by atoms with Gasteiger partial charge in [0.2, 0.25) is 0 Å². The number of halogens is 1. The van der Waals surface area contributed by atoms with E-state index in [2.05, 4.69) is 20.4 Å². The smallest absolute Gasteiger partial charge is 0.270 e. The van der Waals surface area contributed by atoms with E-state index in [0.29, 0.717) is 36.9 Å².